The maximum Gasteiger partial charge on any atom is 0.160 e. The summed E-state index contributed by atoms with van der Waals surface area (Å²) in [5.74, 6) is 1.71. The number of methoxy groups -OCH3 is 1. The summed E-state index contributed by atoms with van der Waals surface area (Å²) >= 11 is 1.92. The predicted molar refractivity (Wildman–Crippen MR) is 156 cm³/mol. The average Bonchev–Trinajstić information content (AvgIpc) is 2.92. The van der Waals surface area contributed by atoms with Crippen LogP contribution in [-0.2, 0) is 36.9 Å². The van der Waals surface area contributed by atoms with Gasteiger partial charge in [-0.2, -0.15) is 0 Å². The molecular weight excluding hydrogens is 496 g/mol. The van der Waals surface area contributed by atoms with Gasteiger partial charge in [0.25, 0.3) is 0 Å². The molecule has 0 spiro atoms. The van der Waals surface area contributed by atoms with Gasteiger partial charge in [-0.25, -0.2) is 0 Å². The van der Waals surface area contributed by atoms with Gasteiger partial charge in [-0.3, -0.25) is 0 Å². The number of hydrogen-bond acceptors (Lipinski definition) is 6. The van der Waals surface area contributed by atoms with E-state index in [2.05, 4.69) is 64.1 Å². The SMILES string of the molecule is C.CO[C@H]1OC(COCc2ccccc2)[C@@H](S[C@H]2C[C@@H](C)[C@H](C)C(COCc3ccccc3)O2)[C@H](C)C1C. The summed E-state index contributed by atoms with van der Waals surface area (Å²) in [5, 5.41) is 0.258. The molecule has 0 N–H and O–H groups in total. The van der Waals surface area contributed by atoms with Crippen LogP contribution in [0.4, 0.5) is 0 Å². The van der Waals surface area contributed by atoms with Gasteiger partial charge in [0.05, 0.1) is 38.6 Å². The van der Waals surface area contributed by atoms with Crippen molar-refractivity contribution in [3.05, 3.63) is 71.8 Å². The van der Waals surface area contributed by atoms with E-state index >= 15 is 0 Å². The van der Waals surface area contributed by atoms with Crippen LogP contribution < -0.4 is 0 Å². The summed E-state index contributed by atoms with van der Waals surface area (Å²) in [6.07, 6.45) is 0.837. The Bertz CT molecular complexity index is 913. The summed E-state index contributed by atoms with van der Waals surface area (Å²) in [6, 6.07) is 20.6. The van der Waals surface area contributed by atoms with Crippen molar-refractivity contribution in [3.8, 4) is 0 Å². The first-order valence-corrected chi connectivity index (χ1v) is 14.6. The van der Waals surface area contributed by atoms with Crippen LogP contribution in [0.5, 0.6) is 0 Å². The molecule has 0 radical (unpaired) electrons. The van der Waals surface area contributed by atoms with Crippen LogP contribution in [0.15, 0.2) is 60.7 Å². The van der Waals surface area contributed by atoms with Gasteiger partial charge >= 0.3 is 0 Å². The van der Waals surface area contributed by atoms with Crippen LogP contribution in [-0.4, -0.2) is 49.5 Å². The number of hydrogen-bond donors (Lipinski definition) is 0. The molecule has 2 heterocycles. The lowest BCUT2D eigenvalue weighted by atomic mass is 9.86. The lowest BCUT2D eigenvalue weighted by Crippen LogP contribution is -2.51. The number of benzene rings is 2. The molecule has 2 saturated heterocycles. The van der Waals surface area contributed by atoms with Crippen molar-refractivity contribution >= 4 is 11.8 Å². The van der Waals surface area contributed by atoms with E-state index in [0.29, 0.717) is 44.2 Å². The Morgan fingerprint density at radius 3 is 1.84 bits per heavy atom. The van der Waals surface area contributed by atoms with Crippen molar-refractivity contribution in [3.63, 3.8) is 0 Å². The highest BCUT2D eigenvalue weighted by Crippen LogP contribution is 2.44. The molecule has 0 aromatic heterocycles. The fourth-order valence-electron chi connectivity index (χ4n) is 5.32. The first-order valence-electron chi connectivity index (χ1n) is 13.7. The Morgan fingerprint density at radius 2 is 1.29 bits per heavy atom. The van der Waals surface area contributed by atoms with E-state index in [4.69, 9.17) is 23.7 Å². The molecule has 212 valence electrons. The maximum atomic E-state index is 6.68. The lowest BCUT2D eigenvalue weighted by molar-refractivity contribution is -0.227. The van der Waals surface area contributed by atoms with Crippen molar-refractivity contribution in [2.45, 2.75) is 83.9 Å². The molecule has 2 aromatic rings. The smallest absolute Gasteiger partial charge is 0.160 e. The Hall–Kier alpha value is -1.41. The second-order valence-corrected chi connectivity index (χ2v) is 12.1. The highest BCUT2D eigenvalue weighted by Gasteiger charge is 2.45. The molecule has 5 nitrogen and oxygen atoms in total. The second kappa shape index (κ2) is 15.4. The van der Waals surface area contributed by atoms with E-state index in [9.17, 15) is 0 Å². The predicted octanol–water partition coefficient (Wildman–Crippen LogP) is 7.19. The standard InChI is InChI=1S/C31H44O5S.CH4/c1-21-16-29(35-27(22(21)2)19-33-17-25-12-8-6-9-13-25)37-30-23(3)24(4)31(32-5)36-28(30)20-34-18-26-14-10-7-11-15-26;/h6-15,21-24,27-31H,16-20H2,1-5H3;1H4/t21-,22+,23-,24?,27?,28?,29+,30+,31+;/m1./s1. The Labute approximate surface area is 234 Å². The van der Waals surface area contributed by atoms with Crippen LogP contribution in [0, 0.1) is 23.7 Å². The van der Waals surface area contributed by atoms with Gasteiger partial charge in [0.2, 0.25) is 0 Å². The third-order valence-electron chi connectivity index (χ3n) is 8.16. The molecule has 6 heteroatoms. The van der Waals surface area contributed by atoms with Crippen LogP contribution in [0.1, 0.15) is 52.7 Å². The van der Waals surface area contributed by atoms with Gasteiger partial charge in [0.15, 0.2) is 6.29 Å². The minimum absolute atomic E-state index is 0. The third-order valence-corrected chi connectivity index (χ3v) is 9.81. The molecule has 0 bridgehead atoms. The number of thioether (sulfide) groups is 1. The van der Waals surface area contributed by atoms with Crippen molar-refractivity contribution in [2.24, 2.45) is 23.7 Å². The van der Waals surface area contributed by atoms with Gasteiger partial charge in [0, 0.05) is 18.3 Å². The average molecular weight is 545 g/mol. The van der Waals surface area contributed by atoms with Gasteiger partial charge in [-0.15, -0.1) is 11.8 Å². The molecule has 2 aliphatic heterocycles. The van der Waals surface area contributed by atoms with Crippen LogP contribution in [0.2, 0.25) is 0 Å². The second-order valence-electron chi connectivity index (χ2n) is 10.8. The summed E-state index contributed by atoms with van der Waals surface area (Å²) < 4.78 is 31.1. The number of rotatable bonds is 11. The molecule has 9 atom stereocenters. The summed E-state index contributed by atoms with van der Waals surface area (Å²) in [4.78, 5) is 0. The van der Waals surface area contributed by atoms with E-state index in [1.54, 1.807) is 7.11 Å². The van der Waals surface area contributed by atoms with Gasteiger partial charge in [0.1, 0.15) is 5.44 Å². The minimum atomic E-state index is -0.220. The van der Waals surface area contributed by atoms with Crippen molar-refractivity contribution in [2.75, 3.05) is 20.3 Å². The fourth-order valence-corrected chi connectivity index (χ4v) is 7.11. The first kappa shape index (κ1) is 31.1. The van der Waals surface area contributed by atoms with Gasteiger partial charge in [-0.05, 0) is 35.3 Å². The van der Waals surface area contributed by atoms with Crippen LogP contribution >= 0.6 is 11.8 Å². The molecule has 0 aliphatic carbocycles. The van der Waals surface area contributed by atoms with Gasteiger partial charge in [-0.1, -0.05) is 95.8 Å². The van der Waals surface area contributed by atoms with E-state index in [0.717, 1.165) is 6.42 Å². The summed E-state index contributed by atoms with van der Waals surface area (Å²) in [6.45, 7) is 11.5. The maximum absolute atomic E-state index is 6.68. The monoisotopic (exact) mass is 544 g/mol. The zero-order chi connectivity index (χ0) is 26.2. The van der Waals surface area contributed by atoms with Crippen molar-refractivity contribution < 1.29 is 23.7 Å². The van der Waals surface area contributed by atoms with Gasteiger partial charge < -0.3 is 23.7 Å². The topological polar surface area (TPSA) is 46.2 Å². The first-order chi connectivity index (χ1) is 18.0. The molecule has 3 unspecified atom stereocenters. The molecular formula is C32H48O5S. The largest absolute Gasteiger partial charge is 0.374 e. The normalized spacial score (nSPS) is 33.4. The number of ether oxygens (including phenoxy) is 5. The van der Waals surface area contributed by atoms with E-state index in [-0.39, 0.29) is 42.5 Å². The van der Waals surface area contributed by atoms with E-state index < -0.39 is 0 Å². The Morgan fingerprint density at radius 1 is 0.737 bits per heavy atom. The minimum Gasteiger partial charge on any atom is -0.374 e. The van der Waals surface area contributed by atoms with E-state index in [1.807, 2.05) is 36.0 Å². The molecule has 0 amide bonds. The lowest BCUT2D eigenvalue weighted by Gasteiger charge is -2.46. The van der Waals surface area contributed by atoms with Crippen molar-refractivity contribution in [1.29, 1.82) is 0 Å². The van der Waals surface area contributed by atoms with E-state index in [1.165, 1.54) is 11.1 Å². The molecule has 0 saturated carbocycles. The summed E-state index contributed by atoms with van der Waals surface area (Å²) in [7, 11) is 1.73. The molecule has 38 heavy (non-hydrogen) atoms. The zero-order valence-corrected chi connectivity index (χ0v) is 23.8. The van der Waals surface area contributed by atoms with Crippen LogP contribution in [0.25, 0.3) is 0 Å². The Balaban J connectivity index is 0.00000400. The zero-order valence-electron chi connectivity index (χ0n) is 23.0. The molecule has 2 fully saturated rings. The highest BCUT2D eigenvalue weighted by atomic mass is 32.2. The fraction of sp³-hybridized carbons (Fsp3) is 0.625. The summed E-state index contributed by atoms with van der Waals surface area (Å²) in [5.41, 5.74) is 2.47. The molecule has 4 rings (SSSR count). The van der Waals surface area contributed by atoms with Crippen molar-refractivity contribution in [1.82, 2.24) is 0 Å². The van der Waals surface area contributed by atoms with Crippen LogP contribution in [0.3, 0.4) is 0 Å². The molecule has 2 aliphatic rings. The highest BCUT2D eigenvalue weighted by molar-refractivity contribution is 8.00. The third kappa shape index (κ3) is 8.30. The quantitative estimate of drug-likeness (QED) is 0.298. The Kier molecular flexibility index (Phi) is 12.6. The molecule has 2 aromatic carbocycles.